The fourth-order valence-electron chi connectivity index (χ4n) is 1.39. The van der Waals surface area contributed by atoms with E-state index in [2.05, 4.69) is 0 Å². The molecule has 90 valence electrons. The lowest BCUT2D eigenvalue weighted by molar-refractivity contribution is 0.153. The van der Waals surface area contributed by atoms with E-state index >= 15 is 0 Å². The molecule has 0 bridgehead atoms. The van der Waals surface area contributed by atoms with Gasteiger partial charge in [-0.1, -0.05) is 0 Å². The molecule has 0 amide bonds. The number of aliphatic hydroxyl groups excluding tert-OH is 1. The highest BCUT2D eigenvalue weighted by atomic mass is 19.3. The quantitative estimate of drug-likeness (QED) is 0.758. The zero-order chi connectivity index (χ0) is 12.1. The van der Waals surface area contributed by atoms with Crippen molar-refractivity contribution >= 4 is 11.4 Å². The van der Waals surface area contributed by atoms with Gasteiger partial charge in [0.25, 0.3) is 6.43 Å². The average molecular weight is 234 g/mol. The maximum atomic E-state index is 13.0. The standard InChI is InChI=1S/C10H13F3N2O/c11-7-1-2-8(14)9(5-7)15(3-4-16)6-10(12)13/h1-2,5,10,16H,3-4,6,14H2. The molecule has 0 unspecified atom stereocenters. The summed E-state index contributed by atoms with van der Waals surface area (Å²) in [6.07, 6.45) is -2.57. The topological polar surface area (TPSA) is 49.5 Å². The fraction of sp³-hybridized carbons (Fsp3) is 0.400. The van der Waals surface area contributed by atoms with Crippen molar-refractivity contribution in [1.82, 2.24) is 0 Å². The van der Waals surface area contributed by atoms with E-state index in [9.17, 15) is 13.2 Å². The Bertz CT molecular complexity index is 347. The summed E-state index contributed by atoms with van der Waals surface area (Å²) in [6, 6.07) is 3.53. The number of halogens is 3. The Morgan fingerprint density at radius 1 is 1.38 bits per heavy atom. The van der Waals surface area contributed by atoms with Crippen LogP contribution < -0.4 is 10.6 Å². The lowest BCUT2D eigenvalue weighted by Gasteiger charge is -2.24. The van der Waals surface area contributed by atoms with Crippen molar-refractivity contribution in [2.75, 3.05) is 30.3 Å². The number of rotatable bonds is 5. The first-order valence-electron chi connectivity index (χ1n) is 4.73. The van der Waals surface area contributed by atoms with Gasteiger partial charge in [0, 0.05) is 6.54 Å². The molecule has 16 heavy (non-hydrogen) atoms. The number of nitrogens with two attached hydrogens (primary N) is 1. The van der Waals surface area contributed by atoms with Gasteiger partial charge in [0.2, 0.25) is 0 Å². The molecule has 0 aromatic heterocycles. The molecule has 3 N–H and O–H groups in total. The highest BCUT2D eigenvalue weighted by molar-refractivity contribution is 5.67. The van der Waals surface area contributed by atoms with E-state index in [0.29, 0.717) is 0 Å². The van der Waals surface area contributed by atoms with Crippen LogP contribution in [0.5, 0.6) is 0 Å². The molecule has 6 heteroatoms. The van der Waals surface area contributed by atoms with Crippen LogP contribution in [0.1, 0.15) is 0 Å². The number of hydrogen-bond donors (Lipinski definition) is 2. The van der Waals surface area contributed by atoms with Gasteiger partial charge in [-0.25, -0.2) is 13.2 Å². The van der Waals surface area contributed by atoms with E-state index in [-0.39, 0.29) is 24.5 Å². The highest BCUT2D eigenvalue weighted by Crippen LogP contribution is 2.24. The summed E-state index contributed by atoms with van der Waals surface area (Å²) in [4.78, 5) is 1.16. The molecule has 0 aliphatic rings. The second-order valence-corrected chi connectivity index (χ2v) is 3.26. The van der Waals surface area contributed by atoms with Crippen molar-refractivity contribution in [1.29, 1.82) is 0 Å². The van der Waals surface area contributed by atoms with Crippen LogP contribution in [0.3, 0.4) is 0 Å². The number of nitrogens with zero attached hydrogens (tertiary/aromatic N) is 1. The van der Waals surface area contributed by atoms with Gasteiger partial charge in [-0.15, -0.1) is 0 Å². The Morgan fingerprint density at radius 3 is 2.62 bits per heavy atom. The van der Waals surface area contributed by atoms with Gasteiger partial charge in [-0.3, -0.25) is 0 Å². The molecule has 1 rings (SSSR count). The summed E-state index contributed by atoms with van der Waals surface area (Å²) in [5, 5.41) is 8.75. The molecule has 0 saturated heterocycles. The molecule has 0 saturated carbocycles. The summed E-state index contributed by atoms with van der Waals surface area (Å²) in [6.45, 7) is -0.908. The number of alkyl halides is 2. The minimum atomic E-state index is -2.57. The molecular formula is C10H13F3N2O. The largest absolute Gasteiger partial charge is 0.397 e. The number of hydrogen-bond acceptors (Lipinski definition) is 3. The van der Waals surface area contributed by atoms with Gasteiger partial charge in [0.05, 0.1) is 24.5 Å². The molecule has 0 aliphatic heterocycles. The number of nitrogen functional groups attached to an aromatic ring is 1. The van der Waals surface area contributed by atoms with E-state index in [1.165, 1.54) is 6.07 Å². The molecule has 0 spiro atoms. The van der Waals surface area contributed by atoms with Crippen LogP contribution in [0.2, 0.25) is 0 Å². The summed E-state index contributed by atoms with van der Waals surface area (Å²) in [7, 11) is 0. The number of benzene rings is 1. The Hall–Kier alpha value is -1.43. The molecular weight excluding hydrogens is 221 g/mol. The maximum absolute atomic E-state index is 13.0. The molecule has 0 aliphatic carbocycles. The van der Waals surface area contributed by atoms with E-state index in [4.69, 9.17) is 10.8 Å². The second-order valence-electron chi connectivity index (χ2n) is 3.26. The first-order valence-corrected chi connectivity index (χ1v) is 4.73. The van der Waals surface area contributed by atoms with Gasteiger partial charge in [0.15, 0.2) is 0 Å². The zero-order valence-electron chi connectivity index (χ0n) is 8.54. The molecule has 1 aromatic rings. The van der Waals surface area contributed by atoms with Crippen molar-refractivity contribution in [3.05, 3.63) is 24.0 Å². The van der Waals surface area contributed by atoms with Crippen LogP contribution in [0.4, 0.5) is 24.5 Å². The van der Waals surface area contributed by atoms with Gasteiger partial charge in [-0.05, 0) is 18.2 Å². The molecule has 1 aromatic carbocycles. The maximum Gasteiger partial charge on any atom is 0.255 e. The van der Waals surface area contributed by atoms with Crippen molar-refractivity contribution in [3.8, 4) is 0 Å². The molecule has 0 heterocycles. The van der Waals surface area contributed by atoms with Crippen LogP contribution in [0.25, 0.3) is 0 Å². The Balaban J connectivity index is 2.94. The monoisotopic (exact) mass is 234 g/mol. The lowest BCUT2D eigenvalue weighted by atomic mass is 10.2. The minimum absolute atomic E-state index is 0.0159. The van der Waals surface area contributed by atoms with Crippen LogP contribution in [-0.4, -0.2) is 31.2 Å². The Kier molecular flexibility index (Phi) is 4.42. The van der Waals surface area contributed by atoms with Gasteiger partial charge >= 0.3 is 0 Å². The van der Waals surface area contributed by atoms with E-state index in [0.717, 1.165) is 17.0 Å². The van der Waals surface area contributed by atoms with Crippen molar-refractivity contribution in [2.45, 2.75) is 6.43 Å². The first-order chi connectivity index (χ1) is 7.54. The minimum Gasteiger partial charge on any atom is -0.397 e. The molecule has 0 radical (unpaired) electrons. The summed E-state index contributed by atoms with van der Waals surface area (Å²) in [5.41, 5.74) is 5.94. The second kappa shape index (κ2) is 5.60. The summed E-state index contributed by atoms with van der Waals surface area (Å²) in [5.74, 6) is -0.554. The summed E-state index contributed by atoms with van der Waals surface area (Å²) >= 11 is 0. The fourth-order valence-corrected chi connectivity index (χ4v) is 1.39. The smallest absolute Gasteiger partial charge is 0.255 e. The average Bonchev–Trinajstić information content (AvgIpc) is 2.20. The third-order valence-electron chi connectivity index (χ3n) is 2.06. The van der Waals surface area contributed by atoms with Crippen molar-refractivity contribution < 1.29 is 18.3 Å². The SMILES string of the molecule is Nc1ccc(F)cc1N(CCO)CC(F)F. The number of anilines is 2. The Labute approximate surface area is 91.3 Å². The predicted octanol–water partition coefficient (Wildman–Crippen LogP) is 1.47. The Morgan fingerprint density at radius 2 is 2.06 bits per heavy atom. The van der Waals surface area contributed by atoms with E-state index in [1.807, 2.05) is 0 Å². The van der Waals surface area contributed by atoms with E-state index < -0.39 is 18.8 Å². The van der Waals surface area contributed by atoms with Gasteiger partial charge in [-0.2, -0.15) is 0 Å². The summed E-state index contributed by atoms with van der Waals surface area (Å²) < 4.78 is 37.5. The number of aliphatic hydroxyl groups is 1. The van der Waals surface area contributed by atoms with Crippen LogP contribution in [0.15, 0.2) is 18.2 Å². The first kappa shape index (κ1) is 12.6. The van der Waals surface area contributed by atoms with Crippen LogP contribution in [0, 0.1) is 5.82 Å². The van der Waals surface area contributed by atoms with Crippen molar-refractivity contribution in [3.63, 3.8) is 0 Å². The van der Waals surface area contributed by atoms with Crippen LogP contribution >= 0.6 is 0 Å². The predicted molar refractivity (Wildman–Crippen MR) is 56.1 cm³/mol. The van der Waals surface area contributed by atoms with E-state index in [1.54, 1.807) is 0 Å². The third-order valence-corrected chi connectivity index (χ3v) is 2.06. The van der Waals surface area contributed by atoms with Gasteiger partial charge in [0.1, 0.15) is 5.82 Å². The molecule has 0 atom stereocenters. The molecule has 0 fully saturated rings. The highest BCUT2D eigenvalue weighted by Gasteiger charge is 2.15. The van der Waals surface area contributed by atoms with Crippen molar-refractivity contribution in [2.24, 2.45) is 0 Å². The zero-order valence-corrected chi connectivity index (χ0v) is 8.54. The van der Waals surface area contributed by atoms with Gasteiger partial charge < -0.3 is 15.7 Å². The third kappa shape index (κ3) is 3.30. The normalized spacial score (nSPS) is 10.8. The van der Waals surface area contributed by atoms with Crippen LogP contribution in [-0.2, 0) is 0 Å². The molecule has 3 nitrogen and oxygen atoms in total. The lowest BCUT2D eigenvalue weighted by Crippen LogP contribution is -2.32.